The molecule has 2 rings (SSSR count). The number of hydrogen-bond acceptors (Lipinski definition) is 4. The van der Waals surface area contributed by atoms with E-state index in [1.807, 2.05) is 42.5 Å². The molecular weight excluding hydrogens is 388 g/mol. The number of benzene rings is 2. The minimum atomic E-state index is -1.34. The lowest BCUT2D eigenvalue weighted by Gasteiger charge is -2.24. The number of carbonyl (C=O) groups excluding carboxylic acids is 2. The first-order valence-corrected chi connectivity index (χ1v) is 9.70. The van der Waals surface area contributed by atoms with Crippen molar-refractivity contribution in [1.29, 1.82) is 0 Å². The number of aliphatic carboxylic acids is 2. The Morgan fingerprint density at radius 2 is 1.60 bits per heavy atom. The fourth-order valence-electron chi connectivity index (χ4n) is 3.17. The Bertz CT molecular complexity index is 935. The van der Waals surface area contributed by atoms with E-state index in [4.69, 9.17) is 5.11 Å². The first kappa shape index (κ1) is 22.9. The largest absolute Gasteiger partial charge is 0.481 e. The van der Waals surface area contributed by atoms with Crippen molar-refractivity contribution in [2.45, 2.75) is 45.2 Å². The quantitative estimate of drug-likeness (QED) is 0.470. The predicted molar refractivity (Wildman–Crippen MR) is 111 cm³/mol. The van der Waals surface area contributed by atoms with Gasteiger partial charge in [-0.3, -0.25) is 14.4 Å². The highest BCUT2D eigenvalue weighted by atomic mass is 16.4. The van der Waals surface area contributed by atoms with Crippen LogP contribution in [0.25, 0.3) is 10.8 Å². The maximum Gasteiger partial charge on any atom is 0.326 e. The second-order valence-electron chi connectivity index (χ2n) is 7.44. The topological polar surface area (TPSA) is 133 Å². The summed E-state index contributed by atoms with van der Waals surface area (Å²) in [4.78, 5) is 47.3. The normalized spacial score (nSPS) is 12.9. The molecule has 160 valence electrons. The lowest BCUT2D eigenvalue weighted by atomic mass is 10.00. The Labute approximate surface area is 174 Å². The second kappa shape index (κ2) is 10.4. The highest BCUT2D eigenvalue weighted by molar-refractivity contribution is 5.93. The summed E-state index contributed by atoms with van der Waals surface area (Å²) in [6.45, 7) is 3.46. The standard InChI is InChI=1S/C22H26N2O6/c1-13(2)20(21(28)23-17(22(29)30)10-11-19(26)27)24-18(25)12-15-8-5-7-14-6-3-4-9-16(14)15/h3-9,13,17,20H,10-12H2,1-2H3,(H,23,28)(H,24,25)(H,26,27)(H,29,30)/t17-,20+/m1/s1. The van der Waals surface area contributed by atoms with Crippen molar-refractivity contribution < 1.29 is 29.4 Å². The van der Waals surface area contributed by atoms with E-state index in [0.717, 1.165) is 16.3 Å². The van der Waals surface area contributed by atoms with E-state index in [0.29, 0.717) is 0 Å². The van der Waals surface area contributed by atoms with Crippen molar-refractivity contribution in [2.24, 2.45) is 5.92 Å². The lowest BCUT2D eigenvalue weighted by molar-refractivity contribution is -0.143. The van der Waals surface area contributed by atoms with Crippen molar-refractivity contribution >= 4 is 34.5 Å². The van der Waals surface area contributed by atoms with E-state index in [2.05, 4.69) is 10.6 Å². The van der Waals surface area contributed by atoms with Gasteiger partial charge in [0.15, 0.2) is 0 Å². The molecule has 0 aliphatic heterocycles. The maximum absolute atomic E-state index is 12.6. The van der Waals surface area contributed by atoms with Crippen LogP contribution in [0.4, 0.5) is 0 Å². The number of carboxylic acid groups (broad SMARTS) is 2. The van der Waals surface area contributed by atoms with Crippen molar-refractivity contribution in [1.82, 2.24) is 10.6 Å². The average Bonchev–Trinajstić information content (AvgIpc) is 2.68. The summed E-state index contributed by atoms with van der Waals surface area (Å²) in [5.41, 5.74) is 0.818. The maximum atomic E-state index is 12.6. The van der Waals surface area contributed by atoms with Gasteiger partial charge in [0.05, 0.1) is 6.42 Å². The number of nitrogens with one attached hydrogen (secondary N) is 2. The van der Waals surface area contributed by atoms with Crippen LogP contribution in [0, 0.1) is 5.92 Å². The van der Waals surface area contributed by atoms with E-state index >= 15 is 0 Å². The fraction of sp³-hybridized carbons (Fsp3) is 0.364. The number of carbonyl (C=O) groups is 4. The first-order chi connectivity index (χ1) is 14.2. The monoisotopic (exact) mass is 414 g/mol. The van der Waals surface area contributed by atoms with Gasteiger partial charge in [0.25, 0.3) is 0 Å². The summed E-state index contributed by atoms with van der Waals surface area (Å²) in [6, 6.07) is 11.0. The van der Waals surface area contributed by atoms with Gasteiger partial charge in [-0.25, -0.2) is 4.79 Å². The Morgan fingerprint density at radius 3 is 2.23 bits per heavy atom. The second-order valence-corrected chi connectivity index (χ2v) is 7.44. The molecule has 0 aromatic heterocycles. The molecule has 8 nitrogen and oxygen atoms in total. The molecule has 0 unspecified atom stereocenters. The third kappa shape index (κ3) is 6.30. The van der Waals surface area contributed by atoms with Crippen LogP contribution in [0.2, 0.25) is 0 Å². The summed E-state index contributed by atoms with van der Waals surface area (Å²) in [5.74, 6) is -3.80. The van der Waals surface area contributed by atoms with Gasteiger partial charge in [-0.2, -0.15) is 0 Å². The van der Waals surface area contributed by atoms with Crippen LogP contribution in [-0.2, 0) is 25.6 Å². The summed E-state index contributed by atoms with van der Waals surface area (Å²) in [5, 5.41) is 24.9. The van der Waals surface area contributed by atoms with Crippen LogP contribution >= 0.6 is 0 Å². The zero-order valence-electron chi connectivity index (χ0n) is 16.9. The SMILES string of the molecule is CC(C)[C@H](NC(=O)Cc1cccc2ccccc12)C(=O)N[C@H](CCC(=O)O)C(=O)O. The lowest BCUT2D eigenvalue weighted by Crippen LogP contribution is -2.54. The Balaban J connectivity index is 2.08. The summed E-state index contributed by atoms with van der Waals surface area (Å²) >= 11 is 0. The van der Waals surface area contributed by atoms with Gasteiger partial charge < -0.3 is 20.8 Å². The zero-order valence-corrected chi connectivity index (χ0v) is 16.9. The molecule has 0 fully saturated rings. The number of hydrogen-bond donors (Lipinski definition) is 4. The van der Waals surface area contributed by atoms with Gasteiger partial charge in [-0.05, 0) is 28.7 Å². The number of rotatable bonds is 10. The molecule has 0 aliphatic rings. The summed E-state index contributed by atoms with van der Waals surface area (Å²) in [7, 11) is 0. The molecule has 0 aliphatic carbocycles. The Hall–Kier alpha value is -3.42. The molecule has 0 spiro atoms. The molecule has 0 saturated carbocycles. The van der Waals surface area contributed by atoms with Crippen molar-refractivity contribution in [2.75, 3.05) is 0 Å². The van der Waals surface area contributed by atoms with Crippen LogP contribution < -0.4 is 10.6 Å². The Morgan fingerprint density at radius 1 is 0.933 bits per heavy atom. The highest BCUT2D eigenvalue weighted by Crippen LogP contribution is 2.19. The first-order valence-electron chi connectivity index (χ1n) is 9.70. The van der Waals surface area contributed by atoms with Gasteiger partial charge in [0.2, 0.25) is 11.8 Å². The van der Waals surface area contributed by atoms with Crippen LogP contribution in [-0.4, -0.2) is 46.0 Å². The number of amides is 2. The minimum Gasteiger partial charge on any atom is -0.481 e. The van der Waals surface area contributed by atoms with Crippen molar-refractivity contribution in [3.63, 3.8) is 0 Å². The van der Waals surface area contributed by atoms with Gasteiger partial charge in [0.1, 0.15) is 12.1 Å². The van der Waals surface area contributed by atoms with Crippen LogP contribution in [0.1, 0.15) is 32.3 Å². The molecule has 8 heteroatoms. The third-order valence-electron chi connectivity index (χ3n) is 4.76. The Kier molecular flexibility index (Phi) is 7.91. The summed E-state index contributed by atoms with van der Waals surface area (Å²) < 4.78 is 0. The van der Waals surface area contributed by atoms with Crippen molar-refractivity contribution in [3.8, 4) is 0 Å². The van der Waals surface area contributed by atoms with Gasteiger partial charge in [-0.15, -0.1) is 0 Å². The van der Waals surface area contributed by atoms with Crippen LogP contribution in [0.15, 0.2) is 42.5 Å². The molecule has 0 heterocycles. The summed E-state index contributed by atoms with van der Waals surface area (Å²) in [6.07, 6.45) is -0.568. The van der Waals surface area contributed by atoms with E-state index in [1.165, 1.54) is 0 Å². The predicted octanol–water partition coefficient (Wildman–Crippen LogP) is 1.96. The minimum absolute atomic E-state index is 0.0687. The molecule has 0 radical (unpaired) electrons. The molecule has 2 aromatic carbocycles. The van der Waals surface area contributed by atoms with E-state index in [1.54, 1.807) is 13.8 Å². The van der Waals surface area contributed by atoms with Gasteiger partial charge in [-0.1, -0.05) is 56.3 Å². The molecule has 2 atom stereocenters. The zero-order chi connectivity index (χ0) is 22.3. The molecule has 2 amide bonds. The molecule has 0 saturated heterocycles. The average molecular weight is 414 g/mol. The highest BCUT2D eigenvalue weighted by Gasteiger charge is 2.29. The third-order valence-corrected chi connectivity index (χ3v) is 4.76. The molecule has 4 N–H and O–H groups in total. The number of carboxylic acids is 2. The molecule has 30 heavy (non-hydrogen) atoms. The van der Waals surface area contributed by atoms with Gasteiger partial charge in [0, 0.05) is 6.42 Å². The van der Waals surface area contributed by atoms with Gasteiger partial charge >= 0.3 is 11.9 Å². The van der Waals surface area contributed by atoms with Crippen molar-refractivity contribution in [3.05, 3.63) is 48.0 Å². The number of fused-ring (bicyclic) bond motifs is 1. The van der Waals surface area contributed by atoms with E-state index in [9.17, 15) is 24.3 Å². The fourth-order valence-corrected chi connectivity index (χ4v) is 3.17. The smallest absolute Gasteiger partial charge is 0.326 e. The van der Waals surface area contributed by atoms with Crippen LogP contribution in [0.5, 0.6) is 0 Å². The molecular formula is C22H26N2O6. The van der Waals surface area contributed by atoms with E-state index < -0.39 is 36.4 Å². The molecule has 0 bridgehead atoms. The van der Waals surface area contributed by atoms with E-state index in [-0.39, 0.29) is 24.7 Å². The molecule has 2 aromatic rings. The van der Waals surface area contributed by atoms with Crippen LogP contribution in [0.3, 0.4) is 0 Å².